The zero-order valence-electron chi connectivity index (χ0n) is 10.0. The lowest BCUT2D eigenvalue weighted by Crippen LogP contribution is -2.32. The monoisotopic (exact) mass is 299 g/mol. The lowest BCUT2D eigenvalue weighted by atomic mass is 9.78. The van der Waals surface area contributed by atoms with Crippen molar-refractivity contribution in [1.29, 1.82) is 0 Å². The van der Waals surface area contributed by atoms with Crippen LogP contribution in [-0.4, -0.2) is 18.8 Å². The molecule has 1 aliphatic rings. The molecule has 17 heavy (non-hydrogen) atoms. The van der Waals surface area contributed by atoms with Crippen molar-refractivity contribution < 1.29 is 9.84 Å². The summed E-state index contributed by atoms with van der Waals surface area (Å²) in [6.07, 6.45) is 4.44. The molecule has 0 amide bonds. The van der Waals surface area contributed by atoms with E-state index in [1.54, 1.807) is 7.11 Å². The normalized spacial score (nSPS) is 18.3. The summed E-state index contributed by atoms with van der Waals surface area (Å²) >= 11 is 3.37. The molecule has 1 aliphatic carbocycles. The molecule has 3 N–H and O–H groups in total. The number of nitrogens with two attached hydrogens (primary N) is 1. The zero-order valence-corrected chi connectivity index (χ0v) is 11.6. The molecule has 0 bridgehead atoms. The fourth-order valence-corrected chi connectivity index (χ4v) is 3.29. The molecule has 1 aromatic rings. The first-order valence-electron chi connectivity index (χ1n) is 5.90. The Morgan fingerprint density at radius 2 is 2.06 bits per heavy atom. The molecule has 4 heteroatoms. The summed E-state index contributed by atoms with van der Waals surface area (Å²) in [5, 5.41) is 10.3. The van der Waals surface area contributed by atoms with Gasteiger partial charge in [0.05, 0.1) is 11.6 Å². The van der Waals surface area contributed by atoms with Gasteiger partial charge in [0.15, 0.2) is 11.5 Å². The number of aromatic hydroxyl groups is 1. The summed E-state index contributed by atoms with van der Waals surface area (Å²) in [6, 6.07) is 3.88. The quantitative estimate of drug-likeness (QED) is 0.902. The van der Waals surface area contributed by atoms with Crippen LogP contribution in [0, 0.1) is 0 Å². The fraction of sp³-hybridized carbons (Fsp3) is 0.538. The molecule has 1 fully saturated rings. The van der Waals surface area contributed by atoms with Gasteiger partial charge in [0.2, 0.25) is 0 Å². The van der Waals surface area contributed by atoms with Gasteiger partial charge in [0.25, 0.3) is 0 Å². The van der Waals surface area contributed by atoms with Crippen molar-refractivity contribution in [2.75, 3.05) is 13.7 Å². The Balaban J connectivity index is 2.51. The maximum Gasteiger partial charge on any atom is 0.174 e. The third-order valence-corrected chi connectivity index (χ3v) is 4.43. The number of phenolic OH excluding ortho intramolecular Hbond substituents is 1. The fourth-order valence-electron chi connectivity index (χ4n) is 2.80. The predicted octanol–water partition coefficient (Wildman–Crippen LogP) is 2.93. The second kappa shape index (κ2) is 4.86. The van der Waals surface area contributed by atoms with Crippen molar-refractivity contribution >= 4 is 15.9 Å². The molecular formula is C13H18BrNO2. The van der Waals surface area contributed by atoms with Crippen LogP contribution in [0.15, 0.2) is 16.6 Å². The van der Waals surface area contributed by atoms with E-state index in [4.69, 9.17) is 10.5 Å². The smallest absolute Gasteiger partial charge is 0.174 e. The highest BCUT2D eigenvalue weighted by atomic mass is 79.9. The van der Waals surface area contributed by atoms with E-state index >= 15 is 0 Å². The third kappa shape index (κ3) is 2.04. The summed E-state index contributed by atoms with van der Waals surface area (Å²) < 4.78 is 6.00. The second-order valence-corrected chi connectivity index (χ2v) is 5.52. The minimum Gasteiger partial charge on any atom is -0.504 e. The standard InChI is InChI=1S/C13H18BrNO2/c1-17-12-10(14)5-4-9(11(12)16)13(8-15)6-2-3-7-13/h4-5,16H,2-3,6-8,15H2,1H3. The minimum atomic E-state index is -0.0714. The first-order chi connectivity index (χ1) is 8.14. The molecule has 1 aromatic carbocycles. The molecule has 0 unspecified atom stereocenters. The first-order valence-corrected chi connectivity index (χ1v) is 6.70. The molecule has 0 radical (unpaired) electrons. The molecule has 0 aromatic heterocycles. The van der Waals surface area contributed by atoms with E-state index < -0.39 is 0 Å². The van der Waals surface area contributed by atoms with Crippen LogP contribution in [0.4, 0.5) is 0 Å². The first kappa shape index (κ1) is 12.7. The minimum absolute atomic E-state index is 0.0714. The largest absolute Gasteiger partial charge is 0.504 e. The van der Waals surface area contributed by atoms with E-state index in [2.05, 4.69) is 15.9 Å². The van der Waals surface area contributed by atoms with Crippen molar-refractivity contribution in [2.24, 2.45) is 5.73 Å². The molecular weight excluding hydrogens is 282 g/mol. The number of rotatable bonds is 3. The van der Waals surface area contributed by atoms with Crippen molar-refractivity contribution in [2.45, 2.75) is 31.1 Å². The summed E-state index contributed by atoms with van der Waals surface area (Å²) in [7, 11) is 1.56. The van der Waals surface area contributed by atoms with Crippen LogP contribution in [0.3, 0.4) is 0 Å². The Morgan fingerprint density at radius 3 is 2.59 bits per heavy atom. The van der Waals surface area contributed by atoms with Crippen molar-refractivity contribution in [3.63, 3.8) is 0 Å². The highest BCUT2D eigenvalue weighted by Crippen LogP contribution is 2.48. The number of hydrogen-bond donors (Lipinski definition) is 2. The molecule has 0 atom stereocenters. The Kier molecular flexibility index (Phi) is 3.64. The Morgan fingerprint density at radius 1 is 1.41 bits per heavy atom. The van der Waals surface area contributed by atoms with Gasteiger partial charge >= 0.3 is 0 Å². The summed E-state index contributed by atoms with van der Waals surface area (Å²) in [4.78, 5) is 0. The van der Waals surface area contributed by atoms with Gasteiger partial charge in [-0.1, -0.05) is 18.9 Å². The zero-order chi connectivity index (χ0) is 12.5. The summed E-state index contributed by atoms with van der Waals surface area (Å²) in [5.74, 6) is 0.733. The van der Waals surface area contributed by atoms with Crippen LogP contribution in [-0.2, 0) is 5.41 Å². The molecule has 0 aliphatic heterocycles. The van der Waals surface area contributed by atoms with Gasteiger partial charge in [-0.15, -0.1) is 0 Å². The number of ether oxygens (including phenoxy) is 1. The van der Waals surface area contributed by atoms with E-state index in [0.717, 1.165) is 22.9 Å². The van der Waals surface area contributed by atoms with Crippen LogP contribution < -0.4 is 10.5 Å². The van der Waals surface area contributed by atoms with Gasteiger partial charge in [0, 0.05) is 17.5 Å². The van der Waals surface area contributed by atoms with Gasteiger partial charge in [-0.2, -0.15) is 0 Å². The van der Waals surface area contributed by atoms with Crippen molar-refractivity contribution in [3.8, 4) is 11.5 Å². The van der Waals surface area contributed by atoms with Gasteiger partial charge in [0.1, 0.15) is 0 Å². The molecule has 3 nitrogen and oxygen atoms in total. The number of benzene rings is 1. The molecule has 94 valence electrons. The van der Waals surface area contributed by atoms with Crippen molar-refractivity contribution in [1.82, 2.24) is 0 Å². The Labute approximate surface area is 110 Å². The third-order valence-electron chi connectivity index (χ3n) is 3.81. The summed E-state index contributed by atoms with van der Waals surface area (Å²) in [5.41, 5.74) is 6.79. The average molecular weight is 300 g/mol. The topological polar surface area (TPSA) is 55.5 Å². The molecule has 1 saturated carbocycles. The molecule has 0 saturated heterocycles. The lowest BCUT2D eigenvalue weighted by molar-refractivity contribution is 0.353. The van der Waals surface area contributed by atoms with Crippen LogP contribution in [0.1, 0.15) is 31.2 Å². The number of halogens is 1. The number of phenols is 1. The van der Waals surface area contributed by atoms with Crippen LogP contribution in [0.5, 0.6) is 11.5 Å². The second-order valence-electron chi connectivity index (χ2n) is 4.67. The van der Waals surface area contributed by atoms with Gasteiger partial charge in [-0.3, -0.25) is 0 Å². The predicted molar refractivity (Wildman–Crippen MR) is 71.6 cm³/mol. The average Bonchev–Trinajstić information content (AvgIpc) is 2.79. The van der Waals surface area contributed by atoms with E-state index in [1.165, 1.54) is 12.8 Å². The lowest BCUT2D eigenvalue weighted by Gasteiger charge is -2.29. The van der Waals surface area contributed by atoms with E-state index in [0.29, 0.717) is 12.3 Å². The number of methoxy groups -OCH3 is 1. The van der Waals surface area contributed by atoms with Gasteiger partial charge < -0.3 is 15.6 Å². The van der Waals surface area contributed by atoms with E-state index in [-0.39, 0.29) is 11.2 Å². The molecule has 0 heterocycles. The Hall–Kier alpha value is -0.740. The van der Waals surface area contributed by atoms with E-state index in [9.17, 15) is 5.11 Å². The van der Waals surface area contributed by atoms with Crippen LogP contribution in [0.2, 0.25) is 0 Å². The number of hydrogen-bond acceptors (Lipinski definition) is 3. The highest BCUT2D eigenvalue weighted by molar-refractivity contribution is 9.10. The van der Waals surface area contributed by atoms with Gasteiger partial charge in [-0.05, 0) is 34.8 Å². The van der Waals surface area contributed by atoms with E-state index in [1.807, 2.05) is 12.1 Å². The molecule has 0 spiro atoms. The van der Waals surface area contributed by atoms with Crippen LogP contribution in [0.25, 0.3) is 0 Å². The highest BCUT2D eigenvalue weighted by Gasteiger charge is 2.37. The SMILES string of the molecule is COc1c(Br)ccc(C2(CN)CCCC2)c1O. The van der Waals surface area contributed by atoms with Crippen molar-refractivity contribution in [3.05, 3.63) is 22.2 Å². The van der Waals surface area contributed by atoms with Crippen LogP contribution >= 0.6 is 15.9 Å². The Bertz CT molecular complexity index is 414. The summed E-state index contributed by atoms with van der Waals surface area (Å²) in [6.45, 7) is 0.575. The molecule has 2 rings (SSSR count). The maximum atomic E-state index is 10.3. The van der Waals surface area contributed by atoms with Gasteiger partial charge in [-0.25, -0.2) is 0 Å². The maximum absolute atomic E-state index is 10.3.